The number of unbranched alkanes of at least 4 members (excludes halogenated alkanes) is 5. The fraction of sp³-hybridized carbons (Fsp3) is 0.773. The first-order chi connectivity index (χ1) is 12.5. The number of hydrogen-bond acceptors (Lipinski definition) is 3. The Bertz CT molecular complexity index is 624. The third-order valence-corrected chi connectivity index (χ3v) is 7.81. The molecular formula is C22H32O4. The minimum absolute atomic E-state index is 0.0000965. The summed E-state index contributed by atoms with van der Waals surface area (Å²) in [5.74, 6) is 0.759. The van der Waals surface area contributed by atoms with Crippen LogP contribution in [-0.4, -0.2) is 33.0 Å². The van der Waals surface area contributed by atoms with Gasteiger partial charge < -0.3 is 15.3 Å². The van der Waals surface area contributed by atoms with Crippen LogP contribution in [0.3, 0.4) is 0 Å². The molecule has 0 aromatic rings. The molecule has 2 fully saturated rings. The topological polar surface area (TPSA) is 77.8 Å². The molecule has 4 aliphatic rings. The molecule has 0 aliphatic heterocycles. The fourth-order valence-electron chi connectivity index (χ4n) is 6.70. The number of aliphatic carboxylic acids is 1. The zero-order valence-electron chi connectivity index (χ0n) is 15.7. The first-order valence-electron chi connectivity index (χ1n) is 10.5. The predicted octanol–water partition coefficient (Wildman–Crippen LogP) is 3.54. The Morgan fingerprint density at radius 3 is 2.65 bits per heavy atom. The Labute approximate surface area is 156 Å². The lowest BCUT2D eigenvalue weighted by Crippen LogP contribution is -2.58. The molecule has 0 radical (unpaired) electrons. The number of aliphatic hydroxyl groups excluding tert-OH is 1. The number of allylic oxidation sites excluding steroid dienone is 1. The highest BCUT2D eigenvalue weighted by Gasteiger charge is 2.68. The average molecular weight is 360 g/mol. The van der Waals surface area contributed by atoms with Crippen LogP contribution >= 0.6 is 0 Å². The van der Waals surface area contributed by atoms with Gasteiger partial charge in [-0.1, -0.05) is 57.6 Å². The molecule has 8 atom stereocenters. The smallest absolute Gasteiger partial charge is 0.334 e. The van der Waals surface area contributed by atoms with Crippen LogP contribution < -0.4 is 0 Å². The van der Waals surface area contributed by atoms with Crippen molar-refractivity contribution >= 4 is 5.97 Å². The third-order valence-electron chi connectivity index (χ3n) is 7.81. The standard InChI is InChI=1S/C22H32O4/c1-2-3-4-5-6-7-8-13-14-9-10-22(26)17(21(24)25)12-18(23)16-11-15(13)19(14)20(16)22/h9-10,12-16,18-20,23,26H,2-8,11H2,1H3,(H,24,25)/t13-,14+,15+,16+,18-,19-,20+,22+/m1/s1. The molecule has 26 heavy (non-hydrogen) atoms. The summed E-state index contributed by atoms with van der Waals surface area (Å²) in [6, 6.07) is 0. The van der Waals surface area contributed by atoms with E-state index in [4.69, 9.17) is 0 Å². The number of carboxylic acids is 1. The Morgan fingerprint density at radius 2 is 1.92 bits per heavy atom. The number of aliphatic hydroxyl groups is 2. The van der Waals surface area contributed by atoms with Crippen LogP contribution in [0.5, 0.6) is 0 Å². The van der Waals surface area contributed by atoms with Crippen molar-refractivity contribution in [1.29, 1.82) is 0 Å². The number of carbonyl (C=O) groups is 1. The maximum atomic E-state index is 11.6. The van der Waals surface area contributed by atoms with Crippen molar-refractivity contribution in [3.8, 4) is 0 Å². The molecule has 0 aromatic heterocycles. The van der Waals surface area contributed by atoms with Gasteiger partial charge in [0.15, 0.2) is 0 Å². The normalized spacial score (nSPS) is 45.0. The number of carboxylic acid groups (broad SMARTS) is 1. The van der Waals surface area contributed by atoms with E-state index in [-0.39, 0.29) is 17.4 Å². The molecule has 4 aliphatic carbocycles. The quantitative estimate of drug-likeness (QED) is 0.457. The van der Waals surface area contributed by atoms with Gasteiger partial charge in [-0.2, -0.15) is 0 Å². The van der Waals surface area contributed by atoms with E-state index in [1.165, 1.54) is 51.0 Å². The second kappa shape index (κ2) is 6.79. The van der Waals surface area contributed by atoms with Crippen molar-refractivity contribution in [1.82, 2.24) is 0 Å². The van der Waals surface area contributed by atoms with Crippen LogP contribution in [-0.2, 0) is 4.79 Å². The molecule has 4 heteroatoms. The molecule has 0 amide bonds. The lowest BCUT2D eigenvalue weighted by atomic mass is 9.49. The minimum atomic E-state index is -1.39. The van der Waals surface area contributed by atoms with Crippen molar-refractivity contribution < 1.29 is 20.1 Å². The van der Waals surface area contributed by atoms with E-state index in [0.29, 0.717) is 23.7 Å². The Hall–Kier alpha value is -1.13. The lowest BCUT2D eigenvalue weighted by Gasteiger charge is -2.56. The largest absolute Gasteiger partial charge is 0.478 e. The zero-order chi connectivity index (χ0) is 18.5. The summed E-state index contributed by atoms with van der Waals surface area (Å²) in [5, 5.41) is 31.2. The summed E-state index contributed by atoms with van der Waals surface area (Å²) in [5.41, 5.74) is -1.42. The van der Waals surface area contributed by atoms with E-state index in [9.17, 15) is 20.1 Å². The highest BCUT2D eigenvalue weighted by atomic mass is 16.4. The van der Waals surface area contributed by atoms with Crippen LogP contribution in [0.25, 0.3) is 0 Å². The third kappa shape index (κ3) is 2.60. The molecule has 0 heterocycles. The molecule has 144 valence electrons. The molecular weight excluding hydrogens is 328 g/mol. The summed E-state index contributed by atoms with van der Waals surface area (Å²) in [6.07, 6.45) is 14.5. The van der Waals surface area contributed by atoms with E-state index in [1.807, 2.05) is 0 Å². The van der Waals surface area contributed by atoms with Gasteiger partial charge in [-0.15, -0.1) is 0 Å². The van der Waals surface area contributed by atoms with Crippen molar-refractivity contribution in [2.75, 3.05) is 0 Å². The van der Waals surface area contributed by atoms with Crippen LogP contribution in [0.2, 0.25) is 0 Å². The number of hydrogen-bond donors (Lipinski definition) is 3. The SMILES string of the molecule is CCCCCCCC[C@@H]1[C@@H]2C=C[C@]3(O)C(C(=O)O)=C[C@@H](O)[C@@H]4C[C@@H]1[C@@H]2[C@H]43. The average Bonchev–Trinajstić information content (AvgIpc) is 2.96. The summed E-state index contributed by atoms with van der Waals surface area (Å²) < 4.78 is 0. The minimum Gasteiger partial charge on any atom is -0.478 e. The fourth-order valence-corrected chi connectivity index (χ4v) is 6.70. The van der Waals surface area contributed by atoms with E-state index in [2.05, 4.69) is 13.0 Å². The Kier molecular flexibility index (Phi) is 4.77. The van der Waals surface area contributed by atoms with Crippen molar-refractivity contribution in [3.05, 3.63) is 23.8 Å². The molecule has 0 aromatic carbocycles. The highest BCUT2D eigenvalue weighted by Crippen LogP contribution is 2.68. The molecule has 4 rings (SSSR count). The van der Waals surface area contributed by atoms with E-state index >= 15 is 0 Å². The van der Waals surface area contributed by atoms with Crippen LogP contribution in [0.4, 0.5) is 0 Å². The molecule has 2 saturated carbocycles. The highest BCUT2D eigenvalue weighted by molar-refractivity contribution is 5.90. The van der Waals surface area contributed by atoms with Crippen LogP contribution in [0.1, 0.15) is 58.3 Å². The van der Waals surface area contributed by atoms with Crippen LogP contribution in [0.15, 0.2) is 23.8 Å². The van der Waals surface area contributed by atoms with Crippen LogP contribution in [0, 0.1) is 35.5 Å². The summed E-state index contributed by atoms with van der Waals surface area (Å²) in [7, 11) is 0. The monoisotopic (exact) mass is 360 g/mol. The first kappa shape index (κ1) is 18.2. The number of rotatable bonds is 8. The first-order valence-corrected chi connectivity index (χ1v) is 10.5. The van der Waals surface area contributed by atoms with E-state index < -0.39 is 17.7 Å². The van der Waals surface area contributed by atoms with E-state index in [0.717, 1.165) is 6.42 Å². The Balaban J connectivity index is 1.46. The van der Waals surface area contributed by atoms with Gasteiger partial charge in [0.2, 0.25) is 0 Å². The second-order valence-electron chi connectivity index (χ2n) is 9.02. The zero-order valence-corrected chi connectivity index (χ0v) is 15.7. The molecule has 0 saturated heterocycles. The van der Waals surface area contributed by atoms with Crippen molar-refractivity contribution in [3.63, 3.8) is 0 Å². The van der Waals surface area contributed by atoms with Gasteiger partial charge in [0.05, 0.1) is 11.7 Å². The molecule has 3 N–H and O–H groups in total. The summed E-state index contributed by atoms with van der Waals surface area (Å²) >= 11 is 0. The van der Waals surface area contributed by atoms with Gasteiger partial charge >= 0.3 is 5.97 Å². The predicted molar refractivity (Wildman–Crippen MR) is 99.4 cm³/mol. The second-order valence-corrected chi connectivity index (χ2v) is 9.02. The summed E-state index contributed by atoms with van der Waals surface area (Å²) in [4.78, 5) is 11.6. The Morgan fingerprint density at radius 1 is 1.19 bits per heavy atom. The van der Waals surface area contributed by atoms with Gasteiger partial charge in [0.1, 0.15) is 5.60 Å². The molecule has 4 nitrogen and oxygen atoms in total. The maximum Gasteiger partial charge on any atom is 0.334 e. The van der Waals surface area contributed by atoms with E-state index in [1.54, 1.807) is 6.08 Å². The maximum absolute atomic E-state index is 11.6. The van der Waals surface area contributed by atoms with Gasteiger partial charge in [0, 0.05) is 5.92 Å². The molecule has 0 spiro atoms. The lowest BCUT2D eigenvalue weighted by molar-refractivity contribution is -0.139. The van der Waals surface area contributed by atoms with Crippen molar-refractivity contribution in [2.45, 2.75) is 70.0 Å². The van der Waals surface area contributed by atoms with Gasteiger partial charge in [-0.3, -0.25) is 0 Å². The molecule has 0 bridgehead atoms. The van der Waals surface area contributed by atoms with Gasteiger partial charge in [-0.25, -0.2) is 4.79 Å². The van der Waals surface area contributed by atoms with Gasteiger partial charge in [-0.05, 0) is 48.5 Å². The summed E-state index contributed by atoms with van der Waals surface area (Å²) in [6.45, 7) is 2.24. The van der Waals surface area contributed by atoms with Gasteiger partial charge in [0.25, 0.3) is 0 Å². The molecule has 0 unspecified atom stereocenters. The van der Waals surface area contributed by atoms with Crippen molar-refractivity contribution in [2.24, 2.45) is 35.5 Å².